The summed E-state index contributed by atoms with van der Waals surface area (Å²) in [7, 11) is 1.44. The first-order valence-corrected chi connectivity index (χ1v) is 4.48. The lowest BCUT2D eigenvalue weighted by Gasteiger charge is -2.30. The van der Waals surface area contributed by atoms with Gasteiger partial charge >= 0.3 is 5.97 Å². The van der Waals surface area contributed by atoms with Crippen LogP contribution in [-0.2, 0) is 9.53 Å². The van der Waals surface area contributed by atoms with E-state index in [1.807, 2.05) is 0 Å². The number of ether oxygens (including phenoxy) is 1. The van der Waals surface area contributed by atoms with Gasteiger partial charge in [0.1, 0.15) is 0 Å². The summed E-state index contributed by atoms with van der Waals surface area (Å²) >= 11 is 0. The first-order valence-electron chi connectivity index (χ1n) is 4.48. The summed E-state index contributed by atoms with van der Waals surface area (Å²) < 4.78 is 4.71. The second-order valence-electron chi connectivity index (χ2n) is 3.68. The number of hydrogen-bond acceptors (Lipinski definition) is 3. The molecular formula is C9H18ClNO2. The van der Waals surface area contributed by atoms with Crippen LogP contribution in [0.4, 0.5) is 0 Å². The molecule has 0 spiro atoms. The van der Waals surface area contributed by atoms with Crippen molar-refractivity contribution in [3.05, 3.63) is 0 Å². The fourth-order valence-corrected chi connectivity index (χ4v) is 1.83. The second kappa shape index (κ2) is 5.45. The number of methoxy groups -OCH3 is 1. The fourth-order valence-electron chi connectivity index (χ4n) is 1.83. The highest BCUT2D eigenvalue weighted by Crippen LogP contribution is 2.29. The Morgan fingerprint density at radius 3 is 2.62 bits per heavy atom. The Morgan fingerprint density at radius 1 is 1.46 bits per heavy atom. The summed E-state index contributed by atoms with van der Waals surface area (Å²) in [6.07, 6.45) is 2.86. The Balaban J connectivity index is 0.00000144. The van der Waals surface area contributed by atoms with Gasteiger partial charge in [0.25, 0.3) is 0 Å². The lowest BCUT2D eigenvalue weighted by Crippen LogP contribution is -2.36. The first kappa shape index (κ1) is 12.7. The summed E-state index contributed by atoms with van der Waals surface area (Å²) in [6.45, 7) is 2.09. The van der Waals surface area contributed by atoms with Gasteiger partial charge in [-0.3, -0.25) is 4.79 Å². The predicted molar refractivity (Wildman–Crippen MR) is 53.7 cm³/mol. The minimum Gasteiger partial charge on any atom is -0.469 e. The van der Waals surface area contributed by atoms with Crippen molar-refractivity contribution in [1.29, 1.82) is 0 Å². The van der Waals surface area contributed by atoms with E-state index in [-0.39, 0.29) is 30.3 Å². The second-order valence-corrected chi connectivity index (χ2v) is 3.68. The average molecular weight is 208 g/mol. The molecule has 1 rings (SSSR count). The van der Waals surface area contributed by atoms with E-state index in [1.54, 1.807) is 0 Å². The fraction of sp³-hybridized carbons (Fsp3) is 0.889. The van der Waals surface area contributed by atoms with E-state index in [0.717, 1.165) is 19.3 Å². The zero-order valence-electron chi connectivity index (χ0n) is 8.16. The first-order chi connectivity index (χ1) is 5.65. The van der Waals surface area contributed by atoms with Crippen LogP contribution in [0.15, 0.2) is 0 Å². The molecule has 1 aliphatic carbocycles. The van der Waals surface area contributed by atoms with Crippen LogP contribution in [0.25, 0.3) is 0 Å². The average Bonchev–Trinajstić information content (AvgIpc) is 2.08. The molecular weight excluding hydrogens is 190 g/mol. The van der Waals surface area contributed by atoms with Crippen LogP contribution >= 0.6 is 12.4 Å². The topological polar surface area (TPSA) is 52.3 Å². The third kappa shape index (κ3) is 3.16. The summed E-state index contributed by atoms with van der Waals surface area (Å²) in [5.41, 5.74) is 5.77. The molecule has 4 heteroatoms. The Bertz CT molecular complexity index is 175. The number of halogens is 1. The predicted octanol–water partition coefficient (Wildman–Crippen LogP) is 1.34. The molecule has 0 bridgehead atoms. The van der Waals surface area contributed by atoms with E-state index in [9.17, 15) is 4.79 Å². The molecule has 0 aromatic heterocycles. The number of carbonyl (C=O) groups excluding carboxylic acids is 1. The van der Waals surface area contributed by atoms with E-state index in [2.05, 4.69) is 6.92 Å². The molecule has 0 aromatic rings. The van der Waals surface area contributed by atoms with Crippen molar-refractivity contribution in [3.63, 3.8) is 0 Å². The van der Waals surface area contributed by atoms with Gasteiger partial charge < -0.3 is 10.5 Å². The lowest BCUT2D eigenvalue weighted by atomic mass is 9.78. The van der Waals surface area contributed by atoms with Gasteiger partial charge in [0.05, 0.1) is 13.0 Å². The van der Waals surface area contributed by atoms with E-state index in [0.29, 0.717) is 5.92 Å². The number of carbonyl (C=O) groups is 1. The maximum atomic E-state index is 11.2. The minimum atomic E-state index is -0.0994. The number of esters is 1. The number of nitrogens with two attached hydrogens (primary N) is 1. The van der Waals surface area contributed by atoms with Crippen LogP contribution in [-0.4, -0.2) is 19.1 Å². The van der Waals surface area contributed by atoms with Gasteiger partial charge in [-0.1, -0.05) is 6.92 Å². The van der Waals surface area contributed by atoms with Gasteiger partial charge in [0.15, 0.2) is 0 Å². The smallest absolute Gasteiger partial charge is 0.308 e. The van der Waals surface area contributed by atoms with Gasteiger partial charge in [-0.2, -0.15) is 0 Å². The normalized spacial score (nSPS) is 33.3. The molecule has 0 radical (unpaired) electrons. The molecule has 1 aliphatic rings. The number of hydrogen-bond donors (Lipinski definition) is 1. The molecule has 0 saturated heterocycles. The van der Waals surface area contributed by atoms with Crippen LogP contribution in [0.5, 0.6) is 0 Å². The van der Waals surface area contributed by atoms with Crippen molar-refractivity contribution in [2.75, 3.05) is 7.11 Å². The molecule has 2 N–H and O–H groups in total. The van der Waals surface area contributed by atoms with E-state index >= 15 is 0 Å². The van der Waals surface area contributed by atoms with Gasteiger partial charge in [-0.25, -0.2) is 0 Å². The molecule has 0 amide bonds. The largest absolute Gasteiger partial charge is 0.469 e. The summed E-state index contributed by atoms with van der Waals surface area (Å²) in [5, 5.41) is 0. The van der Waals surface area contributed by atoms with Crippen molar-refractivity contribution < 1.29 is 9.53 Å². The number of rotatable bonds is 1. The van der Waals surface area contributed by atoms with Crippen LogP contribution in [0.1, 0.15) is 26.2 Å². The molecule has 0 heterocycles. The van der Waals surface area contributed by atoms with Crippen molar-refractivity contribution >= 4 is 18.4 Å². The van der Waals surface area contributed by atoms with Crippen molar-refractivity contribution in [2.24, 2.45) is 17.6 Å². The van der Waals surface area contributed by atoms with Crippen LogP contribution < -0.4 is 5.73 Å². The summed E-state index contributed by atoms with van der Waals surface area (Å²) in [4.78, 5) is 11.2. The molecule has 1 fully saturated rings. The van der Waals surface area contributed by atoms with Crippen LogP contribution in [0, 0.1) is 11.8 Å². The minimum absolute atomic E-state index is 0. The third-order valence-corrected chi connectivity index (χ3v) is 2.74. The van der Waals surface area contributed by atoms with E-state index in [1.165, 1.54) is 7.11 Å². The monoisotopic (exact) mass is 207 g/mol. The highest BCUT2D eigenvalue weighted by Gasteiger charge is 2.31. The van der Waals surface area contributed by atoms with Gasteiger partial charge in [-0.15, -0.1) is 12.4 Å². The van der Waals surface area contributed by atoms with Gasteiger partial charge in [0.2, 0.25) is 0 Å². The summed E-state index contributed by atoms with van der Waals surface area (Å²) in [5.74, 6) is 0.355. The Labute approximate surface area is 85.4 Å². The molecule has 13 heavy (non-hydrogen) atoms. The molecule has 3 atom stereocenters. The van der Waals surface area contributed by atoms with E-state index < -0.39 is 0 Å². The molecule has 78 valence electrons. The quantitative estimate of drug-likeness (QED) is 0.661. The molecule has 0 aromatic carbocycles. The van der Waals surface area contributed by atoms with Crippen LogP contribution in [0.2, 0.25) is 0 Å². The van der Waals surface area contributed by atoms with Gasteiger partial charge in [0, 0.05) is 6.04 Å². The van der Waals surface area contributed by atoms with Crippen molar-refractivity contribution in [3.8, 4) is 0 Å². The summed E-state index contributed by atoms with van der Waals surface area (Å²) in [6, 6.07) is 0.185. The Kier molecular flexibility index (Phi) is 5.33. The zero-order chi connectivity index (χ0) is 9.14. The van der Waals surface area contributed by atoms with E-state index in [4.69, 9.17) is 10.5 Å². The zero-order valence-corrected chi connectivity index (χ0v) is 8.97. The molecule has 0 unspecified atom stereocenters. The SMILES string of the molecule is COC(=O)[C@H]1C[C@@H](N)CC[C@H]1C.Cl. The van der Waals surface area contributed by atoms with Crippen molar-refractivity contribution in [1.82, 2.24) is 0 Å². The maximum Gasteiger partial charge on any atom is 0.308 e. The van der Waals surface area contributed by atoms with Crippen LogP contribution in [0.3, 0.4) is 0 Å². The Morgan fingerprint density at radius 2 is 2.08 bits per heavy atom. The van der Waals surface area contributed by atoms with Crippen molar-refractivity contribution in [2.45, 2.75) is 32.2 Å². The molecule has 0 aliphatic heterocycles. The third-order valence-electron chi connectivity index (χ3n) is 2.74. The maximum absolute atomic E-state index is 11.2. The highest BCUT2D eigenvalue weighted by atomic mass is 35.5. The lowest BCUT2D eigenvalue weighted by molar-refractivity contribution is -0.148. The standard InChI is InChI=1S/C9H17NO2.ClH/c1-6-3-4-7(10)5-8(6)9(11)12-2;/h6-8H,3-5,10H2,1-2H3;1H/t6-,7+,8+;/m1./s1. The van der Waals surface area contributed by atoms with Gasteiger partial charge in [-0.05, 0) is 25.2 Å². The molecule has 3 nitrogen and oxygen atoms in total. The molecule has 1 saturated carbocycles. The Hall–Kier alpha value is -0.280. The highest BCUT2D eigenvalue weighted by molar-refractivity contribution is 5.85.